The topological polar surface area (TPSA) is 61.0 Å². The molecule has 0 spiro atoms. The lowest BCUT2D eigenvalue weighted by Gasteiger charge is -2.06. The van der Waals surface area contributed by atoms with Crippen molar-refractivity contribution in [2.75, 3.05) is 18.9 Å². The lowest BCUT2D eigenvalue weighted by Crippen LogP contribution is -2.07. The van der Waals surface area contributed by atoms with E-state index in [1.165, 1.54) is 0 Å². The fourth-order valence-corrected chi connectivity index (χ4v) is 1.60. The van der Waals surface area contributed by atoms with Gasteiger partial charge in [0.15, 0.2) is 0 Å². The minimum Gasteiger partial charge on any atom is -0.383 e. The summed E-state index contributed by atoms with van der Waals surface area (Å²) in [4.78, 5) is 8.50. The summed E-state index contributed by atoms with van der Waals surface area (Å²) in [6, 6.07) is 0. The van der Waals surface area contributed by atoms with Crippen molar-refractivity contribution in [3.8, 4) is 0 Å². The summed E-state index contributed by atoms with van der Waals surface area (Å²) in [5.41, 5.74) is 7.94. The molecule has 1 aliphatic rings. The molecule has 0 aliphatic carbocycles. The van der Waals surface area contributed by atoms with E-state index in [4.69, 9.17) is 10.5 Å². The summed E-state index contributed by atoms with van der Waals surface area (Å²) in [5, 5.41) is 0. The molecule has 0 unspecified atom stereocenters. The van der Waals surface area contributed by atoms with Crippen molar-refractivity contribution in [1.82, 2.24) is 9.97 Å². The molecule has 1 aliphatic heterocycles. The largest absolute Gasteiger partial charge is 0.383 e. The van der Waals surface area contributed by atoms with E-state index in [1.54, 1.807) is 0 Å². The zero-order valence-electron chi connectivity index (χ0n) is 7.71. The van der Waals surface area contributed by atoms with Crippen LogP contribution in [0.2, 0.25) is 0 Å². The molecular formula is C9H13N3O. The van der Waals surface area contributed by atoms with Gasteiger partial charge in [-0.2, -0.15) is 0 Å². The lowest BCUT2D eigenvalue weighted by molar-refractivity contribution is 0.146. The van der Waals surface area contributed by atoms with Gasteiger partial charge >= 0.3 is 0 Å². The van der Waals surface area contributed by atoms with Crippen LogP contribution in [0.25, 0.3) is 0 Å². The number of aromatic nitrogens is 2. The zero-order valence-corrected chi connectivity index (χ0v) is 7.71. The Labute approximate surface area is 77.1 Å². The Morgan fingerprint density at radius 2 is 2.00 bits per heavy atom. The SMILES string of the molecule is Cc1nc(N)c2c(n1)CCOCC2. The molecule has 0 amide bonds. The number of nitrogen functional groups attached to an aromatic ring is 1. The number of rotatable bonds is 0. The van der Waals surface area contributed by atoms with Gasteiger partial charge in [0, 0.05) is 18.4 Å². The molecule has 4 heteroatoms. The first-order valence-electron chi connectivity index (χ1n) is 4.47. The van der Waals surface area contributed by atoms with Crippen LogP contribution in [-0.4, -0.2) is 23.2 Å². The number of anilines is 1. The van der Waals surface area contributed by atoms with E-state index in [0.717, 1.165) is 43.1 Å². The van der Waals surface area contributed by atoms with Crippen LogP contribution in [0.3, 0.4) is 0 Å². The van der Waals surface area contributed by atoms with Crippen LogP contribution >= 0.6 is 0 Å². The van der Waals surface area contributed by atoms with Crippen molar-refractivity contribution in [3.63, 3.8) is 0 Å². The molecule has 2 N–H and O–H groups in total. The fourth-order valence-electron chi connectivity index (χ4n) is 1.60. The highest BCUT2D eigenvalue weighted by Crippen LogP contribution is 2.17. The molecule has 0 radical (unpaired) electrons. The van der Waals surface area contributed by atoms with Crippen molar-refractivity contribution in [3.05, 3.63) is 17.1 Å². The third-order valence-electron chi connectivity index (χ3n) is 2.22. The molecule has 70 valence electrons. The van der Waals surface area contributed by atoms with Crippen molar-refractivity contribution in [2.24, 2.45) is 0 Å². The molecule has 13 heavy (non-hydrogen) atoms. The first kappa shape index (κ1) is 8.44. The van der Waals surface area contributed by atoms with Gasteiger partial charge in [0.1, 0.15) is 11.6 Å². The Hall–Kier alpha value is -1.16. The maximum Gasteiger partial charge on any atom is 0.130 e. The summed E-state index contributed by atoms with van der Waals surface area (Å²) in [5.74, 6) is 1.37. The average molecular weight is 179 g/mol. The second kappa shape index (κ2) is 3.30. The van der Waals surface area contributed by atoms with Crippen LogP contribution in [0.5, 0.6) is 0 Å². The molecule has 2 heterocycles. The minimum atomic E-state index is 0.619. The van der Waals surface area contributed by atoms with E-state index in [1.807, 2.05) is 6.92 Å². The maximum atomic E-state index is 5.80. The van der Waals surface area contributed by atoms with Gasteiger partial charge in [-0.15, -0.1) is 0 Å². The monoisotopic (exact) mass is 179 g/mol. The van der Waals surface area contributed by atoms with Gasteiger partial charge in [-0.05, 0) is 6.92 Å². The molecule has 0 saturated carbocycles. The molecule has 1 aromatic rings. The predicted octanol–water partition coefficient (Wildman–Crippen LogP) is 0.482. The summed E-state index contributed by atoms with van der Waals surface area (Å²) in [6.45, 7) is 3.33. The van der Waals surface area contributed by atoms with Gasteiger partial charge in [0.2, 0.25) is 0 Å². The molecule has 2 rings (SSSR count). The quantitative estimate of drug-likeness (QED) is 0.629. The number of nitrogens with two attached hydrogens (primary N) is 1. The smallest absolute Gasteiger partial charge is 0.130 e. The second-order valence-corrected chi connectivity index (χ2v) is 3.19. The number of ether oxygens (including phenoxy) is 1. The van der Waals surface area contributed by atoms with E-state index in [9.17, 15) is 0 Å². The van der Waals surface area contributed by atoms with E-state index < -0.39 is 0 Å². The summed E-state index contributed by atoms with van der Waals surface area (Å²) >= 11 is 0. The van der Waals surface area contributed by atoms with E-state index in [2.05, 4.69) is 9.97 Å². The van der Waals surface area contributed by atoms with E-state index in [0.29, 0.717) is 5.82 Å². The van der Waals surface area contributed by atoms with Crippen molar-refractivity contribution in [1.29, 1.82) is 0 Å². The average Bonchev–Trinajstić information content (AvgIpc) is 2.28. The van der Waals surface area contributed by atoms with Gasteiger partial charge in [0.25, 0.3) is 0 Å². The number of fused-ring (bicyclic) bond motifs is 1. The summed E-state index contributed by atoms with van der Waals surface area (Å²) in [6.07, 6.45) is 1.68. The van der Waals surface area contributed by atoms with Crippen LogP contribution in [0, 0.1) is 6.92 Å². The van der Waals surface area contributed by atoms with Gasteiger partial charge in [-0.3, -0.25) is 0 Å². The Bertz CT molecular complexity index is 325. The fraction of sp³-hybridized carbons (Fsp3) is 0.556. The zero-order chi connectivity index (χ0) is 9.26. The van der Waals surface area contributed by atoms with Crippen LogP contribution in [0.1, 0.15) is 17.1 Å². The van der Waals surface area contributed by atoms with Crippen molar-refractivity contribution in [2.45, 2.75) is 19.8 Å². The predicted molar refractivity (Wildman–Crippen MR) is 49.4 cm³/mol. The third kappa shape index (κ3) is 1.62. The highest BCUT2D eigenvalue weighted by atomic mass is 16.5. The third-order valence-corrected chi connectivity index (χ3v) is 2.22. The molecular weight excluding hydrogens is 166 g/mol. The first-order valence-corrected chi connectivity index (χ1v) is 4.47. The standard InChI is InChI=1S/C9H13N3O/c1-6-11-8-3-5-13-4-2-7(8)9(10)12-6/h2-5H2,1H3,(H2,10,11,12). The molecule has 1 aromatic heterocycles. The molecule has 0 aromatic carbocycles. The summed E-state index contributed by atoms with van der Waals surface area (Å²) in [7, 11) is 0. The second-order valence-electron chi connectivity index (χ2n) is 3.19. The Morgan fingerprint density at radius 3 is 2.85 bits per heavy atom. The highest BCUT2D eigenvalue weighted by Gasteiger charge is 2.13. The van der Waals surface area contributed by atoms with Crippen molar-refractivity contribution >= 4 is 5.82 Å². The molecule has 0 bridgehead atoms. The molecule has 0 atom stereocenters. The number of hydrogen-bond acceptors (Lipinski definition) is 4. The van der Waals surface area contributed by atoms with Crippen molar-refractivity contribution < 1.29 is 4.74 Å². The Kier molecular flexibility index (Phi) is 2.14. The van der Waals surface area contributed by atoms with E-state index >= 15 is 0 Å². The highest BCUT2D eigenvalue weighted by molar-refractivity contribution is 5.42. The first-order chi connectivity index (χ1) is 6.27. The molecule has 0 fully saturated rings. The van der Waals surface area contributed by atoms with Gasteiger partial charge in [0.05, 0.1) is 18.9 Å². The van der Waals surface area contributed by atoms with Gasteiger partial charge in [-0.1, -0.05) is 0 Å². The van der Waals surface area contributed by atoms with Gasteiger partial charge < -0.3 is 10.5 Å². The Balaban J connectivity index is 2.47. The minimum absolute atomic E-state index is 0.619. The van der Waals surface area contributed by atoms with Crippen LogP contribution in [-0.2, 0) is 17.6 Å². The van der Waals surface area contributed by atoms with Crippen LogP contribution in [0.15, 0.2) is 0 Å². The molecule has 4 nitrogen and oxygen atoms in total. The normalized spacial score (nSPS) is 16.4. The van der Waals surface area contributed by atoms with Gasteiger partial charge in [-0.25, -0.2) is 9.97 Å². The number of nitrogens with zero attached hydrogens (tertiary/aromatic N) is 2. The lowest BCUT2D eigenvalue weighted by atomic mass is 10.1. The number of hydrogen-bond donors (Lipinski definition) is 1. The number of aryl methyl sites for hydroxylation is 1. The molecule has 0 saturated heterocycles. The van der Waals surface area contributed by atoms with Crippen LogP contribution < -0.4 is 5.73 Å². The summed E-state index contributed by atoms with van der Waals surface area (Å²) < 4.78 is 5.35. The van der Waals surface area contributed by atoms with Crippen LogP contribution in [0.4, 0.5) is 5.82 Å². The maximum absolute atomic E-state index is 5.80. The van der Waals surface area contributed by atoms with E-state index in [-0.39, 0.29) is 0 Å². The Morgan fingerprint density at radius 1 is 1.23 bits per heavy atom.